The molecule has 0 saturated carbocycles. The van der Waals surface area contributed by atoms with Crippen molar-refractivity contribution in [1.82, 2.24) is 0 Å². The number of aryl methyl sites for hydroxylation is 1. The summed E-state index contributed by atoms with van der Waals surface area (Å²) < 4.78 is 0. The number of allylic oxidation sites excluding steroid dienone is 4. The first-order chi connectivity index (χ1) is 9.95. The first kappa shape index (κ1) is 22.5. The van der Waals surface area contributed by atoms with Crippen molar-refractivity contribution in [3.05, 3.63) is 77.9 Å². The second-order valence-electron chi connectivity index (χ2n) is 5.33. The summed E-state index contributed by atoms with van der Waals surface area (Å²) in [5.41, 5.74) is 6.03. The van der Waals surface area contributed by atoms with Gasteiger partial charge < -0.3 is 0 Å². The standard InChI is InChI=1S/C15H15.C5H5.2ClH.Zr/c1-2-6-12(7-3-1)15-11-10-13-8-4-5-9-14(13)15;1-2-4-5-3-1;;;/h1-3,6-7,10-11H,4-5,8-9H2;1-3H,4H2;2*1H;/q2*-1;;;+2. The van der Waals surface area contributed by atoms with E-state index in [9.17, 15) is 0 Å². The molecule has 0 radical (unpaired) electrons. The summed E-state index contributed by atoms with van der Waals surface area (Å²) in [7, 11) is 0. The molecule has 23 heavy (non-hydrogen) atoms. The molecule has 0 amide bonds. The van der Waals surface area contributed by atoms with E-state index in [1.165, 1.54) is 36.8 Å². The molecule has 0 unspecified atom stereocenters. The summed E-state index contributed by atoms with van der Waals surface area (Å²) in [5.74, 6) is 0. The Bertz CT molecular complexity index is 602. The second kappa shape index (κ2) is 12.0. The number of benzene rings is 1. The van der Waals surface area contributed by atoms with Crippen molar-refractivity contribution in [2.24, 2.45) is 0 Å². The van der Waals surface area contributed by atoms with E-state index in [2.05, 4.69) is 54.6 Å². The first-order valence-corrected chi connectivity index (χ1v) is 7.50. The molecule has 3 heteroatoms. The largest absolute Gasteiger partial charge is 2.00 e. The number of hydrogen-bond donors (Lipinski definition) is 0. The quantitative estimate of drug-likeness (QED) is 0.486. The van der Waals surface area contributed by atoms with Gasteiger partial charge >= 0.3 is 26.2 Å². The van der Waals surface area contributed by atoms with Gasteiger partial charge in [0.05, 0.1) is 0 Å². The van der Waals surface area contributed by atoms with Gasteiger partial charge in [0.1, 0.15) is 0 Å². The first-order valence-electron chi connectivity index (χ1n) is 7.50. The van der Waals surface area contributed by atoms with Crippen molar-refractivity contribution in [3.63, 3.8) is 0 Å². The van der Waals surface area contributed by atoms with Gasteiger partial charge in [0.25, 0.3) is 0 Å². The van der Waals surface area contributed by atoms with Gasteiger partial charge in [-0.2, -0.15) is 6.08 Å². The van der Waals surface area contributed by atoms with E-state index in [0.717, 1.165) is 6.42 Å². The number of halogens is 2. The molecule has 2 aliphatic rings. The predicted molar refractivity (Wildman–Crippen MR) is 100 cm³/mol. The fraction of sp³-hybridized carbons (Fsp3) is 0.250. The van der Waals surface area contributed by atoms with Crippen LogP contribution in [-0.2, 0) is 39.0 Å². The third kappa shape index (κ3) is 6.14. The zero-order chi connectivity index (χ0) is 13.6. The average Bonchev–Trinajstić information content (AvgIpc) is 3.21. The van der Waals surface area contributed by atoms with Gasteiger partial charge in [-0.05, 0) is 6.42 Å². The monoisotopic (exact) mass is 422 g/mol. The van der Waals surface area contributed by atoms with Gasteiger partial charge in [0, 0.05) is 0 Å². The van der Waals surface area contributed by atoms with Crippen LogP contribution < -0.4 is 0 Å². The van der Waals surface area contributed by atoms with Gasteiger partial charge in [-0.1, -0.05) is 43.0 Å². The van der Waals surface area contributed by atoms with Crippen molar-refractivity contribution >= 4 is 24.8 Å². The Kier molecular flexibility index (Phi) is 11.7. The fourth-order valence-corrected chi connectivity index (χ4v) is 2.93. The molecule has 0 saturated heterocycles. The third-order valence-corrected chi connectivity index (χ3v) is 3.96. The Labute approximate surface area is 171 Å². The predicted octanol–water partition coefficient (Wildman–Crippen LogP) is 6.10. The summed E-state index contributed by atoms with van der Waals surface area (Å²) in [6, 6.07) is 15.4. The van der Waals surface area contributed by atoms with Crippen LogP contribution >= 0.6 is 24.8 Å². The summed E-state index contributed by atoms with van der Waals surface area (Å²) in [4.78, 5) is 0. The van der Waals surface area contributed by atoms with Gasteiger partial charge in [0.2, 0.25) is 0 Å². The summed E-state index contributed by atoms with van der Waals surface area (Å²) >= 11 is 0. The molecule has 120 valence electrons. The Morgan fingerprint density at radius 1 is 0.913 bits per heavy atom. The zero-order valence-corrected chi connectivity index (χ0v) is 17.2. The zero-order valence-electron chi connectivity index (χ0n) is 13.1. The fourth-order valence-electron chi connectivity index (χ4n) is 2.93. The molecule has 0 nitrogen and oxygen atoms in total. The summed E-state index contributed by atoms with van der Waals surface area (Å²) in [6.45, 7) is 0. The number of rotatable bonds is 1. The van der Waals surface area contributed by atoms with Crippen LogP contribution in [0.2, 0.25) is 0 Å². The van der Waals surface area contributed by atoms with Gasteiger partial charge in [-0.25, -0.2) is 12.2 Å². The van der Waals surface area contributed by atoms with Gasteiger partial charge in [0.15, 0.2) is 0 Å². The Morgan fingerprint density at radius 2 is 1.65 bits per heavy atom. The molecule has 2 aromatic rings. The molecule has 0 spiro atoms. The topological polar surface area (TPSA) is 0 Å². The maximum Gasteiger partial charge on any atom is 2.00 e. The molecule has 0 bridgehead atoms. The Hall–Kier alpha value is -0.487. The van der Waals surface area contributed by atoms with E-state index in [0.29, 0.717) is 0 Å². The van der Waals surface area contributed by atoms with Crippen LogP contribution in [0, 0.1) is 6.08 Å². The molecule has 0 heterocycles. The van der Waals surface area contributed by atoms with E-state index in [4.69, 9.17) is 0 Å². The molecule has 0 atom stereocenters. The SMILES string of the molecule is Cl.Cl.[C-]1=CC=CC1.[Zr+2].c1ccc(-[c-]2ccc3c2CCCC3)cc1. The molecular weight excluding hydrogens is 402 g/mol. The van der Waals surface area contributed by atoms with Crippen LogP contribution in [0.3, 0.4) is 0 Å². The molecule has 0 aromatic heterocycles. The van der Waals surface area contributed by atoms with Crippen molar-refractivity contribution in [1.29, 1.82) is 0 Å². The van der Waals surface area contributed by atoms with Crippen molar-refractivity contribution in [2.45, 2.75) is 32.1 Å². The van der Waals surface area contributed by atoms with E-state index in [-0.39, 0.29) is 51.0 Å². The van der Waals surface area contributed by atoms with E-state index < -0.39 is 0 Å². The third-order valence-electron chi connectivity index (χ3n) is 3.96. The minimum Gasteiger partial charge on any atom is -0.273 e. The normalized spacial score (nSPS) is 13.6. The van der Waals surface area contributed by atoms with Crippen LogP contribution in [0.25, 0.3) is 11.1 Å². The van der Waals surface area contributed by atoms with Crippen LogP contribution in [0.1, 0.15) is 30.4 Å². The van der Waals surface area contributed by atoms with Crippen molar-refractivity contribution in [3.8, 4) is 11.1 Å². The number of hydrogen-bond acceptors (Lipinski definition) is 0. The van der Waals surface area contributed by atoms with E-state index in [1.54, 1.807) is 11.1 Å². The van der Waals surface area contributed by atoms with Gasteiger partial charge in [-0.15, -0.1) is 72.2 Å². The molecular formula is C20H22Cl2Zr. The van der Waals surface area contributed by atoms with E-state index in [1.807, 2.05) is 12.2 Å². The minimum absolute atomic E-state index is 0. The number of fused-ring (bicyclic) bond motifs is 1. The van der Waals surface area contributed by atoms with Crippen LogP contribution in [-0.4, -0.2) is 0 Å². The molecule has 0 fully saturated rings. The van der Waals surface area contributed by atoms with Crippen molar-refractivity contribution < 1.29 is 26.2 Å². The Balaban J connectivity index is 0.000000529. The van der Waals surface area contributed by atoms with Crippen LogP contribution in [0.4, 0.5) is 0 Å². The molecule has 0 aliphatic heterocycles. The van der Waals surface area contributed by atoms with Crippen LogP contribution in [0.5, 0.6) is 0 Å². The van der Waals surface area contributed by atoms with Gasteiger partial charge in [-0.3, -0.25) is 6.08 Å². The second-order valence-corrected chi connectivity index (χ2v) is 5.33. The smallest absolute Gasteiger partial charge is 0.273 e. The summed E-state index contributed by atoms with van der Waals surface area (Å²) in [6.07, 6.45) is 15.3. The molecule has 2 aliphatic carbocycles. The maximum atomic E-state index is 2.99. The maximum absolute atomic E-state index is 2.99. The van der Waals surface area contributed by atoms with E-state index >= 15 is 0 Å². The minimum atomic E-state index is 0. The molecule has 0 N–H and O–H groups in total. The average molecular weight is 425 g/mol. The summed E-state index contributed by atoms with van der Waals surface area (Å²) in [5, 5.41) is 0. The van der Waals surface area contributed by atoms with Crippen LogP contribution in [0.15, 0.2) is 60.7 Å². The Morgan fingerprint density at radius 3 is 2.26 bits per heavy atom. The molecule has 2 aromatic carbocycles. The van der Waals surface area contributed by atoms with Crippen molar-refractivity contribution in [2.75, 3.05) is 0 Å². The molecule has 4 rings (SSSR count).